The van der Waals surface area contributed by atoms with Gasteiger partial charge in [-0.2, -0.15) is 15.4 Å². The van der Waals surface area contributed by atoms with Gasteiger partial charge >= 0.3 is 0 Å². The van der Waals surface area contributed by atoms with Crippen LogP contribution in [0.2, 0.25) is 0 Å². The van der Waals surface area contributed by atoms with Crippen LogP contribution in [0.5, 0.6) is 0 Å². The molecule has 2 aromatic rings. The average molecular weight is 220 g/mol. The summed E-state index contributed by atoms with van der Waals surface area (Å²) in [6.07, 6.45) is -0.556. The van der Waals surface area contributed by atoms with Gasteiger partial charge in [0.05, 0.1) is 6.10 Å². The first-order valence-corrected chi connectivity index (χ1v) is 4.93. The van der Waals surface area contributed by atoms with Crippen LogP contribution in [0.4, 0.5) is 0 Å². The lowest BCUT2D eigenvalue weighted by Crippen LogP contribution is -2.30. The van der Waals surface area contributed by atoms with Crippen LogP contribution in [-0.4, -0.2) is 39.1 Å². The number of H-pyrrole nitrogens is 1. The Morgan fingerprint density at radius 3 is 3.00 bits per heavy atom. The Bertz CT molecular complexity index is 506. The fourth-order valence-electron chi connectivity index (χ4n) is 1.32. The zero-order valence-electron chi connectivity index (χ0n) is 8.77. The number of aromatic nitrogens is 3. The molecule has 1 atom stereocenters. The van der Waals surface area contributed by atoms with E-state index >= 15 is 0 Å². The summed E-state index contributed by atoms with van der Waals surface area (Å²) in [7, 11) is 0. The number of hydrogen-bond acceptors (Lipinski definition) is 4. The summed E-state index contributed by atoms with van der Waals surface area (Å²) in [5.41, 5.74) is 1.86. The second-order valence-electron chi connectivity index (χ2n) is 3.59. The number of nitrogens with one attached hydrogen (secondary N) is 2. The van der Waals surface area contributed by atoms with Gasteiger partial charge in [-0.3, -0.25) is 4.79 Å². The fourth-order valence-corrected chi connectivity index (χ4v) is 1.32. The third-order valence-electron chi connectivity index (χ3n) is 2.14. The number of nitrogens with zero attached hydrogens (tertiary/aromatic N) is 2. The standard InChI is InChI=1S/C10H12N4O2/c1-6(15)5-11-10(16)7-2-3-8-9(4-7)13-14-12-8/h2-4,6,15H,5H2,1H3,(H,11,16)(H,12,13,14). The lowest BCUT2D eigenvalue weighted by molar-refractivity contribution is 0.0924. The normalized spacial score (nSPS) is 12.6. The number of carbonyl (C=O) groups is 1. The Kier molecular flexibility index (Phi) is 2.82. The van der Waals surface area contributed by atoms with Gasteiger partial charge in [-0.25, -0.2) is 0 Å². The van der Waals surface area contributed by atoms with E-state index in [0.29, 0.717) is 16.6 Å². The molecule has 1 amide bonds. The second-order valence-corrected chi connectivity index (χ2v) is 3.59. The minimum Gasteiger partial charge on any atom is -0.392 e. The van der Waals surface area contributed by atoms with Gasteiger partial charge < -0.3 is 10.4 Å². The van der Waals surface area contributed by atoms with Gasteiger partial charge in [-0.05, 0) is 25.1 Å². The number of aliphatic hydroxyl groups is 1. The number of benzene rings is 1. The van der Waals surface area contributed by atoms with Crippen LogP contribution in [0.3, 0.4) is 0 Å². The van der Waals surface area contributed by atoms with Crippen molar-refractivity contribution in [3.05, 3.63) is 23.8 Å². The second kappa shape index (κ2) is 4.28. The van der Waals surface area contributed by atoms with Gasteiger partial charge in [-0.15, -0.1) is 0 Å². The Balaban J connectivity index is 2.16. The molecule has 2 rings (SSSR count). The molecule has 1 aromatic carbocycles. The molecule has 0 aliphatic carbocycles. The average Bonchev–Trinajstić information content (AvgIpc) is 2.72. The molecule has 6 nitrogen and oxygen atoms in total. The fraction of sp³-hybridized carbons (Fsp3) is 0.300. The predicted molar refractivity (Wildman–Crippen MR) is 57.9 cm³/mol. The number of amides is 1. The Labute approximate surface area is 91.7 Å². The molecule has 1 unspecified atom stereocenters. The van der Waals surface area contributed by atoms with E-state index in [0.717, 1.165) is 0 Å². The molecular formula is C10H12N4O2. The van der Waals surface area contributed by atoms with E-state index in [4.69, 9.17) is 5.11 Å². The third-order valence-corrected chi connectivity index (χ3v) is 2.14. The molecule has 0 radical (unpaired) electrons. The highest BCUT2D eigenvalue weighted by molar-refractivity contribution is 5.97. The summed E-state index contributed by atoms with van der Waals surface area (Å²) in [6, 6.07) is 5.04. The molecule has 1 heterocycles. The minimum absolute atomic E-state index is 0.231. The van der Waals surface area contributed by atoms with Gasteiger partial charge in [0.15, 0.2) is 0 Å². The number of rotatable bonds is 3. The van der Waals surface area contributed by atoms with E-state index in [2.05, 4.69) is 20.7 Å². The summed E-state index contributed by atoms with van der Waals surface area (Å²) in [6.45, 7) is 1.84. The van der Waals surface area contributed by atoms with Crippen LogP contribution in [-0.2, 0) is 0 Å². The summed E-state index contributed by atoms with van der Waals surface area (Å²) in [5.74, 6) is -0.231. The molecule has 16 heavy (non-hydrogen) atoms. The lowest BCUT2D eigenvalue weighted by Gasteiger charge is -2.06. The molecule has 0 saturated heterocycles. The largest absolute Gasteiger partial charge is 0.392 e. The van der Waals surface area contributed by atoms with Crippen molar-refractivity contribution in [1.29, 1.82) is 0 Å². The van der Waals surface area contributed by atoms with Crippen molar-refractivity contribution < 1.29 is 9.90 Å². The van der Waals surface area contributed by atoms with Crippen LogP contribution in [0.15, 0.2) is 18.2 Å². The van der Waals surface area contributed by atoms with Crippen LogP contribution >= 0.6 is 0 Å². The summed E-state index contributed by atoms with van der Waals surface area (Å²) in [5, 5.41) is 21.9. The van der Waals surface area contributed by atoms with E-state index < -0.39 is 6.10 Å². The molecule has 6 heteroatoms. The van der Waals surface area contributed by atoms with E-state index in [1.54, 1.807) is 25.1 Å². The summed E-state index contributed by atoms with van der Waals surface area (Å²) < 4.78 is 0. The molecule has 0 aliphatic rings. The van der Waals surface area contributed by atoms with Gasteiger partial charge in [-0.1, -0.05) is 0 Å². The van der Waals surface area contributed by atoms with Crippen molar-refractivity contribution in [2.75, 3.05) is 6.54 Å². The SMILES string of the molecule is CC(O)CNC(=O)c1ccc2n[nH]nc2c1. The van der Waals surface area contributed by atoms with E-state index in [9.17, 15) is 4.79 Å². The number of aliphatic hydroxyl groups excluding tert-OH is 1. The van der Waals surface area contributed by atoms with Gasteiger partial charge in [0, 0.05) is 12.1 Å². The smallest absolute Gasteiger partial charge is 0.251 e. The van der Waals surface area contributed by atoms with Gasteiger partial charge in [0.1, 0.15) is 11.0 Å². The zero-order valence-corrected chi connectivity index (χ0v) is 8.77. The first-order chi connectivity index (χ1) is 7.66. The lowest BCUT2D eigenvalue weighted by atomic mass is 10.2. The van der Waals surface area contributed by atoms with Crippen LogP contribution in [0, 0.1) is 0 Å². The van der Waals surface area contributed by atoms with Crippen molar-refractivity contribution in [3.8, 4) is 0 Å². The molecule has 0 bridgehead atoms. The van der Waals surface area contributed by atoms with Crippen molar-refractivity contribution in [2.24, 2.45) is 0 Å². The molecular weight excluding hydrogens is 208 g/mol. The molecule has 0 fully saturated rings. The topological polar surface area (TPSA) is 90.9 Å². The molecule has 84 valence electrons. The summed E-state index contributed by atoms with van der Waals surface area (Å²) in [4.78, 5) is 11.6. The van der Waals surface area contributed by atoms with Crippen molar-refractivity contribution in [2.45, 2.75) is 13.0 Å². The van der Waals surface area contributed by atoms with E-state index in [-0.39, 0.29) is 12.5 Å². The van der Waals surface area contributed by atoms with Crippen LogP contribution in [0.25, 0.3) is 11.0 Å². The highest BCUT2D eigenvalue weighted by Gasteiger charge is 2.08. The molecule has 0 aliphatic heterocycles. The zero-order chi connectivity index (χ0) is 11.5. The minimum atomic E-state index is -0.556. The Morgan fingerprint density at radius 1 is 1.50 bits per heavy atom. The maximum atomic E-state index is 11.6. The van der Waals surface area contributed by atoms with Gasteiger partial charge in [0.2, 0.25) is 0 Å². The van der Waals surface area contributed by atoms with E-state index in [1.807, 2.05) is 0 Å². The maximum Gasteiger partial charge on any atom is 0.251 e. The third kappa shape index (κ3) is 2.17. The Morgan fingerprint density at radius 2 is 2.25 bits per heavy atom. The van der Waals surface area contributed by atoms with Crippen molar-refractivity contribution in [1.82, 2.24) is 20.7 Å². The highest BCUT2D eigenvalue weighted by Crippen LogP contribution is 2.10. The first-order valence-electron chi connectivity index (χ1n) is 4.93. The molecule has 3 N–H and O–H groups in total. The monoisotopic (exact) mass is 220 g/mol. The van der Waals surface area contributed by atoms with Crippen LogP contribution in [0.1, 0.15) is 17.3 Å². The van der Waals surface area contributed by atoms with Crippen LogP contribution < -0.4 is 5.32 Å². The number of carbonyl (C=O) groups excluding carboxylic acids is 1. The molecule has 0 saturated carbocycles. The van der Waals surface area contributed by atoms with E-state index in [1.165, 1.54) is 0 Å². The number of aromatic amines is 1. The highest BCUT2D eigenvalue weighted by atomic mass is 16.3. The predicted octanol–water partition coefficient (Wildman–Crippen LogP) is 0.0685. The summed E-state index contributed by atoms with van der Waals surface area (Å²) >= 11 is 0. The maximum absolute atomic E-state index is 11.6. The number of fused-ring (bicyclic) bond motifs is 1. The molecule has 1 aromatic heterocycles. The van der Waals surface area contributed by atoms with Crippen molar-refractivity contribution in [3.63, 3.8) is 0 Å². The van der Waals surface area contributed by atoms with Crippen molar-refractivity contribution >= 4 is 16.9 Å². The molecule has 0 spiro atoms. The number of hydrogen-bond donors (Lipinski definition) is 3. The Hall–Kier alpha value is -1.95. The quantitative estimate of drug-likeness (QED) is 0.682. The first kappa shape index (κ1) is 10.6. The van der Waals surface area contributed by atoms with Gasteiger partial charge in [0.25, 0.3) is 5.91 Å².